The van der Waals surface area contributed by atoms with Crippen LogP contribution in [0.4, 0.5) is 0 Å². The second-order valence-electron chi connectivity index (χ2n) is 3.81. The van der Waals surface area contributed by atoms with Crippen molar-refractivity contribution in [1.82, 2.24) is 14.6 Å². The molecular formula is C11H8N4O3. The van der Waals surface area contributed by atoms with Gasteiger partial charge in [0.05, 0.1) is 18.2 Å². The lowest BCUT2D eigenvalue weighted by Gasteiger charge is -2.07. The molecule has 0 saturated carbocycles. The number of amides is 1. The number of nitrogens with zero attached hydrogens (tertiary/aromatic N) is 3. The Morgan fingerprint density at radius 1 is 1.50 bits per heavy atom. The molecule has 2 aromatic heterocycles. The van der Waals surface area contributed by atoms with E-state index in [0.29, 0.717) is 22.3 Å². The second kappa shape index (κ2) is 3.66. The van der Waals surface area contributed by atoms with Crippen molar-refractivity contribution < 1.29 is 14.3 Å². The number of pyridine rings is 1. The highest BCUT2D eigenvalue weighted by atomic mass is 16.5. The molecule has 0 unspecified atom stereocenters. The standard InChI is InChI=1S/C11H8N4O3/c12-10(17)7-1-2-15-11(13-5-14-15)9(7)6-3-8(16)18-4-6/h1-2,4-5H,3H2,(H2,12,17). The molecule has 0 bridgehead atoms. The predicted octanol–water partition coefficient (Wildman–Crippen LogP) is 0.116. The Labute approximate surface area is 101 Å². The van der Waals surface area contributed by atoms with Crippen LogP contribution in [0.5, 0.6) is 0 Å². The fraction of sp³-hybridized carbons (Fsp3) is 0.0909. The topological polar surface area (TPSA) is 99.6 Å². The van der Waals surface area contributed by atoms with E-state index in [1.807, 2.05) is 0 Å². The average Bonchev–Trinajstić information content (AvgIpc) is 2.95. The van der Waals surface area contributed by atoms with Crippen LogP contribution in [0.2, 0.25) is 0 Å². The number of fused-ring (bicyclic) bond motifs is 1. The van der Waals surface area contributed by atoms with Crippen molar-refractivity contribution >= 4 is 23.1 Å². The van der Waals surface area contributed by atoms with Gasteiger partial charge in [-0.05, 0) is 6.07 Å². The molecule has 1 aliphatic rings. The Bertz CT molecular complexity index is 701. The fourth-order valence-corrected chi connectivity index (χ4v) is 1.93. The summed E-state index contributed by atoms with van der Waals surface area (Å²) in [6, 6.07) is 1.54. The highest BCUT2D eigenvalue weighted by molar-refractivity contribution is 6.03. The largest absolute Gasteiger partial charge is 0.434 e. The van der Waals surface area contributed by atoms with Crippen LogP contribution in [0.1, 0.15) is 22.3 Å². The molecule has 0 spiro atoms. The zero-order valence-electron chi connectivity index (χ0n) is 9.16. The van der Waals surface area contributed by atoms with Crippen LogP contribution < -0.4 is 5.73 Å². The average molecular weight is 244 g/mol. The fourth-order valence-electron chi connectivity index (χ4n) is 1.93. The minimum atomic E-state index is -0.587. The van der Waals surface area contributed by atoms with Crippen molar-refractivity contribution in [3.63, 3.8) is 0 Å². The first kappa shape index (κ1) is 10.5. The number of carbonyl (C=O) groups excluding carboxylic acids is 2. The first-order valence-electron chi connectivity index (χ1n) is 5.18. The highest BCUT2D eigenvalue weighted by Crippen LogP contribution is 2.29. The predicted molar refractivity (Wildman–Crippen MR) is 60.2 cm³/mol. The van der Waals surface area contributed by atoms with Crippen LogP contribution in [-0.4, -0.2) is 26.5 Å². The zero-order valence-corrected chi connectivity index (χ0v) is 9.16. The Hall–Kier alpha value is -2.70. The molecular weight excluding hydrogens is 236 g/mol. The number of primary amides is 1. The van der Waals surface area contributed by atoms with Crippen LogP contribution in [0.3, 0.4) is 0 Å². The van der Waals surface area contributed by atoms with Gasteiger partial charge in [0.1, 0.15) is 6.33 Å². The molecule has 90 valence electrons. The molecule has 0 radical (unpaired) electrons. The smallest absolute Gasteiger partial charge is 0.315 e. The van der Waals surface area contributed by atoms with Crippen molar-refractivity contribution in [1.29, 1.82) is 0 Å². The van der Waals surface area contributed by atoms with Gasteiger partial charge in [-0.15, -0.1) is 0 Å². The number of hydrogen-bond donors (Lipinski definition) is 1. The number of carbonyl (C=O) groups is 2. The maximum absolute atomic E-state index is 11.4. The van der Waals surface area contributed by atoms with Gasteiger partial charge in [-0.1, -0.05) is 0 Å². The number of aromatic nitrogens is 3. The monoisotopic (exact) mass is 244 g/mol. The van der Waals surface area contributed by atoms with Crippen LogP contribution in [0.15, 0.2) is 24.9 Å². The molecule has 2 N–H and O–H groups in total. The molecule has 0 atom stereocenters. The number of rotatable bonds is 2. The summed E-state index contributed by atoms with van der Waals surface area (Å²) >= 11 is 0. The third kappa shape index (κ3) is 1.45. The zero-order chi connectivity index (χ0) is 12.7. The van der Waals surface area contributed by atoms with Crippen molar-refractivity contribution in [3.8, 4) is 0 Å². The van der Waals surface area contributed by atoms with E-state index in [-0.39, 0.29) is 12.4 Å². The Morgan fingerprint density at radius 3 is 3.00 bits per heavy atom. The van der Waals surface area contributed by atoms with Crippen LogP contribution in [0.25, 0.3) is 11.2 Å². The molecule has 3 heterocycles. The van der Waals surface area contributed by atoms with E-state index in [1.165, 1.54) is 17.1 Å². The first-order chi connectivity index (χ1) is 8.66. The van der Waals surface area contributed by atoms with E-state index in [4.69, 9.17) is 10.5 Å². The summed E-state index contributed by atoms with van der Waals surface area (Å²) in [4.78, 5) is 26.7. The lowest BCUT2D eigenvalue weighted by Crippen LogP contribution is -2.15. The van der Waals surface area contributed by atoms with Gasteiger partial charge in [0.25, 0.3) is 0 Å². The molecule has 0 fully saturated rings. The van der Waals surface area contributed by atoms with E-state index in [0.717, 1.165) is 0 Å². The molecule has 0 aromatic carbocycles. The lowest BCUT2D eigenvalue weighted by molar-refractivity contribution is -0.135. The highest BCUT2D eigenvalue weighted by Gasteiger charge is 2.24. The van der Waals surface area contributed by atoms with Gasteiger partial charge in [-0.2, -0.15) is 5.10 Å². The van der Waals surface area contributed by atoms with Gasteiger partial charge in [0, 0.05) is 17.3 Å². The van der Waals surface area contributed by atoms with Crippen LogP contribution >= 0.6 is 0 Å². The van der Waals surface area contributed by atoms with Crippen LogP contribution in [0, 0.1) is 0 Å². The molecule has 0 aliphatic carbocycles. The summed E-state index contributed by atoms with van der Waals surface area (Å²) in [7, 11) is 0. The quantitative estimate of drug-likeness (QED) is 0.756. The van der Waals surface area contributed by atoms with Gasteiger partial charge in [0.2, 0.25) is 5.91 Å². The van der Waals surface area contributed by atoms with E-state index in [9.17, 15) is 9.59 Å². The maximum Gasteiger partial charge on any atom is 0.315 e. The maximum atomic E-state index is 11.4. The molecule has 1 amide bonds. The normalized spacial score (nSPS) is 14.7. The van der Waals surface area contributed by atoms with E-state index in [2.05, 4.69) is 10.1 Å². The number of hydrogen-bond acceptors (Lipinski definition) is 5. The summed E-state index contributed by atoms with van der Waals surface area (Å²) in [5.74, 6) is -0.960. The van der Waals surface area contributed by atoms with Gasteiger partial charge in [0.15, 0.2) is 5.65 Å². The van der Waals surface area contributed by atoms with E-state index in [1.54, 1.807) is 12.3 Å². The summed E-state index contributed by atoms with van der Waals surface area (Å²) in [5, 5.41) is 3.97. The number of ether oxygens (including phenoxy) is 1. The minimum Gasteiger partial charge on any atom is -0.434 e. The van der Waals surface area contributed by atoms with Crippen molar-refractivity contribution in [2.75, 3.05) is 0 Å². The summed E-state index contributed by atoms with van der Waals surface area (Å²) in [6.07, 6.45) is 4.36. The van der Waals surface area contributed by atoms with Crippen LogP contribution in [-0.2, 0) is 9.53 Å². The van der Waals surface area contributed by atoms with E-state index < -0.39 is 5.91 Å². The Kier molecular flexibility index (Phi) is 2.12. The Morgan fingerprint density at radius 2 is 2.33 bits per heavy atom. The number of esters is 1. The molecule has 3 rings (SSSR count). The first-order valence-corrected chi connectivity index (χ1v) is 5.18. The van der Waals surface area contributed by atoms with Crippen molar-refractivity contribution in [2.24, 2.45) is 5.73 Å². The SMILES string of the molecule is NC(=O)c1ccn2ncnc2c1C1=COC(=O)C1. The third-order valence-electron chi connectivity index (χ3n) is 2.70. The molecule has 0 saturated heterocycles. The molecule has 7 heteroatoms. The molecule has 1 aliphatic heterocycles. The van der Waals surface area contributed by atoms with Gasteiger partial charge in [-0.3, -0.25) is 9.59 Å². The summed E-state index contributed by atoms with van der Waals surface area (Å²) in [6.45, 7) is 0. The Balaban J connectivity index is 2.29. The second-order valence-corrected chi connectivity index (χ2v) is 3.81. The number of nitrogens with two attached hydrogens (primary N) is 1. The lowest BCUT2D eigenvalue weighted by atomic mass is 10.0. The van der Waals surface area contributed by atoms with Gasteiger partial charge < -0.3 is 10.5 Å². The molecule has 18 heavy (non-hydrogen) atoms. The van der Waals surface area contributed by atoms with Crippen molar-refractivity contribution in [3.05, 3.63) is 36.0 Å². The third-order valence-corrected chi connectivity index (χ3v) is 2.70. The summed E-state index contributed by atoms with van der Waals surface area (Å²) in [5.41, 5.74) is 7.16. The van der Waals surface area contributed by atoms with E-state index >= 15 is 0 Å². The number of cyclic esters (lactones) is 1. The van der Waals surface area contributed by atoms with Crippen molar-refractivity contribution in [2.45, 2.75) is 6.42 Å². The minimum absolute atomic E-state index is 0.0901. The van der Waals surface area contributed by atoms with Gasteiger partial charge in [-0.25, -0.2) is 9.50 Å². The molecule has 7 nitrogen and oxygen atoms in total. The van der Waals surface area contributed by atoms with Gasteiger partial charge >= 0.3 is 5.97 Å². The summed E-state index contributed by atoms with van der Waals surface area (Å²) < 4.78 is 6.27. The molecule has 2 aromatic rings.